The molecule has 0 aliphatic heterocycles. The summed E-state index contributed by atoms with van der Waals surface area (Å²) in [4.78, 5) is 0. The van der Waals surface area contributed by atoms with Crippen molar-refractivity contribution in [2.45, 2.75) is 148 Å². The van der Waals surface area contributed by atoms with Gasteiger partial charge in [0.2, 0.25) is 0 Å². The van der Waals surface area contributed by atoms with Gasteiger partial charge in [-0.05, 0) is 66.9 Å². The Balaban J connectivity index is 6.01. The molecular formula is C23H56Cl2NOSi5. The van der Waals surface area contributed by atoms with Gasteiger partial charge in [0.15, 0.2) is 16.6 Å². The molecule has 0 amide bonds. The van der Waals surface area contributed by atoms with E-state index in [1.165, 1.54) is 18.5 Å². The first-order valence-electron chi connectivity index (χ1n) is 12.6. The van der Waals surface area contributed by atoms with E-state index < -0.39 is 40.5 Å². The standard InChI is InChI=1S/C23H56Cl2NOSi5/c1-16-21(20-30(10,11)27-29(8,9)19-17-18-28(24)25)26(31(12,13)22(2,3)4)32(14,15)23(5,6)7/h21H,16-20H2,1-15H3. The summed E-state index contributed by atoms with van der Waals surface area (Å²) in [5.74, 6) is 0. The Hall–Kier alpha value is 1.58. The molecule has 2 nitrogen and oxygen atoms in total. The molecule has 0 rings (SSSR count). The largest absolute Gasteiger partial charge is 0.455 e. The van der Waals surface area contributed by atoms with Crippen LogP contribution in [0.2, 0.25) is 80.6 Å². The van der Waals surface area contributed by atoms with Gasteiger partial charge in [0.05, 0.1) is 0 Å². The van der Waals surface area contributed by atoms with Crippen molar-refractivity contribution in [1.82, 2.24) is 4.23 Å². The second-order valence-electron chi connectivity index (χ2n) is 14.1. The third-order valence-corrected chi connectivity index (χ3v) is 31.3. The van der Waals surface area contributed by atoms with Crippen molar-refractivity contribution in [3.63, 3.8) is 0 Å². The highest BCUT2D eigenvalue weighted by atomic mass is 35.7. The van der Waals surface area contributed by atoms with E-state index in [1.807, 2.05) is 0 Å². The van der Waals surface area contributed by atoms with E-state index in [0.29, 0.717) is 16.1 Å². The first-order valence-corrected chi connectivity index (χ1v) is 28.4. The fourth-order valence-electron chi connectivity index (χ4n) is 4.81. The summed E-state index contributed by atoms with van der Waals surface area (Å²) in [6.07, 6.45) is 2.33. The zero-order valence-electron chi connectivity index (χ0n) is 24.2. The normalized spacial score (nSPS) is 16.2. The molecule has 0 bridgehead atoms. The van der Waals surface area contributed by atoms with Crippen molar-refractivity contribution in [2.24, 2.45) is 0 Å². The van der Waals surface area contributed by atoms with Gasteiger partial charge in [-0.2, -0.15) is 0 Å². The Morgan fingerprint density at radius 2 is 1.19 bits per heavy atom. The maximum atomic E-state index is 7.09. The predicted molar refractivity (Wildman–Crippen MR) is 163 cm³/mol. The summed E-state index contributed by atoms with van der Waals surface area (Å²) in [6.45, 7) is 37.5. The second kappa shape index (κ2) is 11.8. The van der Waals surface area contributed by atoms with Crippen molar-refractivity contribution >= 4 is 62.7 Å². The quantitative estimate of drug-likeness (QED) is 0.170. The minimum Gasteiger partial charge on any atom is -0.455 e. The van der Waals surface area contributed by atoms with Crippen molar-refractivity contribution in [2.75, 3.05) is 0 Å². The number of hydrogen-bond donors (Lipinski definition) is 0. The molecule has 0 aliphatic rings. The molecule has 0 aromatic rings. The van der Waals surface area contributed by atoms with Crippen LogP contribution in [0.3, 0.4) is 0 Å². The summed E-state index contributed by atoms with van der Waals surface area (Å²) >= 11 is 12.1. The van der Waals surface area contributed by atoms with Gasteiger partial charge in [0.25, 0.3) is 7.42 Å². The molecule has 9 heteroatoms. The van der Waals surface area contributed by atoms with Crippen LogP contribution in [0.25, 0.3) is 0 Å². The van der Waals surface area contributed by atoms with E-state index in [2.05, 4.69) is 105 Å². The molecule has 0 saturated carbocycles. The first-order chi connectivity index (χ1) is 13.9. The Morgan fingerprint density at radius 1 is 0.781 bits per heavy atom. The lowest BCUT2D eigenvalue weighted by atomic mass is 10.2. The third-order valence-electron chi connectivity index (χ3n) is 8.14. The smallest absolute Gasteiger partial charge is 0.273 e. The van der Waals surface area contributed by atoms with Crippen LogP contribution >= 0.6 is 22.2 Å². The molecule has 1 unspecified atom stereocenters. The van der Waals surface area contributed by atoms with Crippen LogP contribution in [0.4, 0.5) is 0 Å². The highest BCUT2D eigenvalue weighted by Gasteiger charge is 2.54. The van der Waals surface area contributed by atoms with E-state index >= 15 is 0 Å². The van der Waals surface area contributed by atoms with Crippen LogP contribution in [-0.4, -0.2) is 50.8 Å². The number of halogens is 2. The Labute approximate surface area is 218 Å². The number of nitrogens with zero attached hydrogens (tertiary/aromatic N) is 1. The highest BCUT2D eigenvalue weighted by Crippen LogP contribution is 2.49. The van der Waals surface area contributed by atoms with E-state index in [9.17, 15) is 0 Å². The van der Waals surface area contributed by atoms with Gasteiger partial charge in [0.1, 0.15) is 16.5 Å². The van der Waals surface area contributed by atoms with E-state index in [4.69, 9.17) is 26.3 Å². The van der Waals surface area contributed by atoms with Crippen molar-refractivity contribution in [1.29, 1.82) is 0 Å². The molecule has 0 N–H and O–H groups in total. The molecule has 0 fully saturated rings. The Kier molecular flexibility index (Phi) is 12.3. The summed E-state index contributed by atoms with van der Waals surface area (Å²) in [6, 6.07) is 3.99. The van der Waals surface area contributed by atoms with Gasteiger partial charge in [0, 0.05) is 0 Å². The van der Waals surface area contributed by atoms with Crippen molar-refractivity contribution < 1.29 is 4.12 Å². The predicted octanol–water partition coefficient (Wildman–Crippen LogP) is 9.86. The molecule has 0 spiro atoms. The molecule has 0 saturated heterocycles. The van der Waals surface area contributed by atoms with E-state index in [0.717, 1.165) is 12.5 Å². The zero-order valence-corrected chi connectivity index (χ0v) is 30.7. The van der Waals surface area contributed by atoms with Gasteiger partial charge in [-0.1, -0.05) is 81.1 Å². The van der Waals surface area contributed by atoms with Crippen LogP contribution in [0.1, 0.15) is 61.3 Å². The highest BCUT2D eigenvalue weighted by molar-refractivity contribution is 7.33. The molecule has 32 heavy (non-hydrogen) atoms. The lowest BCUT2D eigenvalue weighted by Gasteiger charge is -2.60. The summed E-state index contributed by atoms with van der Waals surface area (Å²) in [5, 5.41) is 0.665. The minimum absolute atomic E-state index is 0.332. The monoisotopic (exact) mass is 572 g/mol. The molecular weight excluding hydrogens is 518 g/mol. The first kappa shape index (κ1) is 33.6. The maximum Gasteiger partial charge on any atom is 0.273 e. The molecule has 1 radical (unpaired) electrons. The van der Waals surface area contributed by atoms with Crippen LogP contribution < -0.4 is 0 Å². The van der Waals surface area contributed by atoms with Crippen LogP contribution in [0, 0.1) is 0 Å². The number of rotatable bonds is 12. The third kappa shape index (κ3) is 9.56. The van der Waals surface area contributed by atoms with Crippen molar-refractivity contribution in [3.8, 4) is 0 Å². The average molecular weight is 574 g/mol. The summed E-state index contributed by atoms with van der Waals surface area (Å²) in [7, 11) is -8.14. The van der Waals surface area contributed by atoms with Crippen LogP contribution in [0.15, 0.2) is 0 Å². The zero-order chi connectivity index (χ0) is 26.0. The molecule has 1 atom stereocenters. The van der Waals surface area contributed by atoms with E-state index in [1.54, 1.807) is 0 Å². The SMILES string of the molecule is CCC(C[Si](C)(C)O[Si](C)(C)CCC[Si](Cl)Cl)N([Si](C)(C)C(C)(C)C)[Si](C)(C)C(C)(C)C. The lowest BCUT2D eigenvalue weighted by molar-refractivity contribution is 0.396. The number of hydrogen-bond acceptors (Lipinski definition) is 2. The van der Waals surface area contributed by atoms with Gasteiger partial charge in [-0.3, -0.25) is 0 Å². The second-order valence-corrected chi connectivity index (χ2v) is 38.0. The lowest BCUT2D eigenvalue weighted by Crippen LogP contribution is -2.72. The average Bonchev–Trinajstić information content (AvgIpc) is 2.49. The van der Waals surface area contributed by atoms with Gasteiger partial charge in [-0.15, -0.1) is 22.2 Å². The molecule has 0 heterocycles. The minimum atomic E-state index is -1.83. The van der Waals surface area contributed by atoms with Crippen LogP contribution in [-0.2, 0) is 4.12 Å². The van der Waals surface area contributed by atoms with Gasteiger partial charge < -0.3 is 8.35 Å². The topological polar surface area (TPSA) is 12.5 Å². The van der Waals surface area contributed by atoms with Crippen molar-refractivity contribution in [3.05, 3.63) is 0 Å². The fourth-order valence-corrected chi connectivity index (χ4v) is 27.6. The summed E-state index contributed by atoms with van der Waals surface area (Å²) in [5.41, 5.74) is 0. The maximum absolute atomic E-state index is 7.09. The Morgan fingerprint density at radius 3 is 1.50 bits per heavy atom. The molecule has 0 aromatic carbocycles. The summed E-state index contributed by atoms with van der Waals surface area (Å²) < 4.78 is 10.2. The Bertz CT molecular complexity index is 558. The van der Waals surface area contributed by atoms with E-state index in [-0.39, 0.29) is 0 Å². The fraction of sp³-hybridized carbons (Fsp3) is 1.00. The van der Waals surface area contributed by atoms with Gasteiger partial charge in [-0.25, -0.2) is 0 Å². The molecule has 0 aliphatic carbocycles. The van der Waals surface area contributed by atoms with Gasteiger partial charge >= 0.3 is 0 Å². The molecule has 193 valence electrons. The van der Waals surface area contributed by atoms with Crippen LogP contribution in [0.5, 0.6) is 0 Å². The molecule has 0 aromatic heterocycles.